The van der Waals surface area contributed by atoms with Gasteiger partial charge in [0.05, 0.1) is 16.9 Å². The Morgan fingerprint density at radius 2 is 2.06 bits per heavy atom. The molecule has 0 aliphatic carbocycles. The number of ether oxygens (including phenoxy) is 1. The van der Waals surface area contributed by atoms with Gasteiger partial charge in [-0.2, -0.15) is 13.2 Å². The SMILES string of the molecule is C=CC(=O)N1CCc2c(OCc3cc(/C(N)=C/NC(C)C)cc(C(F)(F)F)c3)cccc21. The van der Waals surface area contributed by atoms with Crippen LogP contribution in [0.15, 0.2) is 55.3 Å². The summed E-state index contributed by atoms with van der Waals surface area (Å²) in [7, 11) is 0. The molecule has 2 aromatic carbocycles. The van der Waals surface area contributed by atoms with Gasteiger partial charge in [0.25, 0.3) is 0 Å². The van der Waals surface area contributed by atoms with Crippen molar-refractivity contribution in [3.8, 4) is 5.75 Å². The van der Waals surface area contributed by atoms with Gasteiger partial charge in [0.2, 0.25) is 5.91 Å². The zero-order valence-electron chi connectivity index (χ0n) is 18.0. The normalized spacial score (nSPS) is 13.8. The molecule has 3 N–H and O–H groups in total. The van der Waals surface area contributed by atoms with Crippen LogP contribution in [0.5, 0.6) is 5.75 Å². The quantitative estimate of drug-likeness (QED) is 0.611. The van der Waals surface area contributed by atoms with Crippen LogP contribution in [0.2, 0.25) is 0 Å². The van der Waals surface area contributed by atoms with E-state index in [-0.39, 0.29) is 29.8 Å². The van der Waals surface area contributed by atoms with Gasteiger partial charge < -0.3 is 20.7 Å². The average Bonchev–Trinajstić information content (AvgIpc) is 3.19. The number of alkyl halides is 3. The molecule has 0 bridgehead atoms. The van der Waals surface area contributed by atoms with Crippen LogP contribution in [0.3, 0.4) is 0 Å². The maximum atomic E-state index is 13.5. The maximum Gasteiger partial charge on any atom is 0.416 e. The Morgan fingerprint density at radius 1 is 1.31 bits per heavy atom. The molecule has 1 aliphatic heterocycles. The average molecular weight is 445 g/mol. The van der Waals surface area contributed by atoms with Gasteiger partial charge in [-0.05, 0) is 67.8 Å². The van der Waals surface area contributed by atoms with Crippen LogP contribution >= 0.6 is 0 Å². The lowest BCUT2D eigenvalue weighted by atomic mass is 10.0. The van der Waals surface area contributed by atoms with Gasteiger partial charge in [-0.25, -0.2) is 0 Å². The van der Waals surface area contributed by atoms with Gasteiger partial charge in [-0.1, -0.05) is 12.6 Å². The van der Waals surface area contributed by atoms with E-state index in [0.29, 0.717) is 24.3 Å². The van der Waals surface area contributed by atoms with Crippen LogP contribution in [0.25, 0.3) is 5.70 Å². The van der Waals surface area contributed by atoms with Gasteiger partial charge >= 0.3 is 6.18 Å². The molecule has 5 nitrogen and oxygen atoms in total. The standard InChI is InChI=1S/C24H26F3N3O2/c1-4-23(31)30-9-8-19-21(30)6-5-7-22(19)32-14-16-10-17(20(28)13-29-15(2)3)12-18(11-16)24(25,26)27/h4-7,10-13,15,29H,1,8-9,14,28H2,2-3H3/b20-13-. The summed E-state index contributed by atoms with van der Waals surface area (Å²) < 4.78 is 46.3. The molecule has 170 valence electrons. The van der Waals surface area contributed by atoms with Crippen molar-refractivity contribution in [2.24, 2.45) is 5.73 Å². The van der Waals surface area contributed by atoms with E-state index in [1.165, 1.54) is 12.3 Å². The minimum absolute atomic E-state index is 0.0757. The predicted molar refractivity (Wildman–Crippen MR) is 119 cm³/mol. The van der Waals surface area contributed by atoms with E-state index in [2.05, 4.69) is 11.9 Å². The van der Waals surface area contributed by atoms with E-state index in [1.807, 2.05) is 19.9 Å². The summed E-state index contributed by atoms with van der Waals surface area (Å²) in [5.74, 6) is 0.325. The summed E-state index contributed by atoms with van der Waals surface area (Å²) in [5.41, 5.74) is 7.57. The van der Waals surface area contributed by atoms with E-state index in [9.17, 15) is 18.0 Å². The van der Waals surface area contributed by atoms with Crippen LogP contribution in [0.1, 0.15) is 36.1 Å². The van der Waals surface area contributed by atoms with E-state index >= 15 is 0 Å². The van der Waals surface area contributed by atoms with Gasteiger partial charge in [0.15, 0.2) is 0 Å². The highest BCUT2D eigenvalue weighted by atomic mass is 19.4. The minimum Gasteiger partial charge on any atom is -0.489 e. The highest BCUT2D eigenvalue weighted by Crippen LogP contribution is 2.36. The number of fused-ring (bicyclic) bond motifs is 1. The van der Waals surface area contributed by atoms with E-state index in [1.54, 1.807) is 23.1 Å². The lowest BCUT2D eigenvalue weighted by Gasteiger charge is -2.17. The number of rotatable bonds is 7. The second-order valence-corrected chi connectivity index (χ2v) is 7.82. The summed E-state index contributed by atoms with van der Waals surface area (Å²) in [5, 5.41) is 2.99. The van der Waals surface area contributed by atoms with Crippen molar-refractivity contribution in [1.82, 2.24) is 5.32 Å². The van der Waals surface area contributed by atoms with E-state index in [0.717, 1.165) is 23.4 Å². The molecule has 2 aromatic rings. The van der Waals surface area contributed by atoms with Crippen molar-refractivity contribution in [1.29, 1.82) is 0 Å². The monoisotopic (exact) mass is 445 g/mol. The smallest absolute Gasteiger partial charge is 0.416 e. The van der Waals surface area contributed by atoms with Crippen molar-refractivity contribution >= 4 is 17.3 Å². The molecule has 3 rings (SSSR count). The number of hydrogen-bond donors (Lipinski definition) is 2. The number of carbonyl (C=O) groups excluding carboxylic acids is 1. The molecule has 0 aromatic heterocycles. The molecular formula is C24H26F3N3O2. The van der Waals surface area contributed by atoms with Crippen molar-refractivity contribution < 1.29 is 22.7 Å². The third-order valence-electron chi connectivity index (χ3n) is 5.05. The molecule has 0 radical (unpaired) electrons. The van der Waals surface area contributed by atoms with Crippen LogP contribution in [0.4, 0.5) is 18.9 Å². The van der Waals surface area contributed by atoms with Crippen LogP contribution < -0.4 is 20.7 Å². The highest BCUT2D eigenvalue weighted by Gasteiger charge is 2.31. The second kappa shape index (κ2) is 9.38. The molecule has 0 saturated carbocycles. The Hall–Kier alpha value is -3.42. The molecule has 8 heteroatoms. The third kappa shape index (κ3) is 5.25. The van der Waals surface area contributed by atoms with E-state index < -0.39 is 11.7 Å². The van der Waals surface area contributed by atoms with Crippen molar-refractivity contribution in [3.05, 3.63) is 77.5 Å². The molecule has 0 spiro atoms. The fraction of sp³-hybridized carbons (Fsp3) is 0.292. The molecular weight excluding hydrogens is 419 g/mol. The number of nitrogens with zero attached hydrogens (tertiary/aromatic N) is 1. The Labute approximate surface area is 185 Å². The molecule has 0 atom stereocenters. The summed E-state index contributed by atoms with van der Waals surface area (Å²) in [6.45, 7) is 7.74. The first kappa shape index (κ1) is 23.2. The Morgan fingerprint density at radius 3 is 2.72 bits per heavy atom. The second-order valence-electron chi connectivity index (χ2n) is 7.82. The number of nitrogens with one attached hydrogen (secondary N) is 1. The van der Waals surface area contributed by atoms with Crippen LogP contribution in [-0.4, -0.2) is 18.5 Å². The molecule has 0 unspecified atom stereocenters. The van der Waals surface area contributed by atoms with Gasteiger partial charge in [-0.3, -0.25) is 4.79 Å². The topological polar surface area (TPSA) is 67.6 Å². The van der Waals surface area contributed by atoms with Gasteiger partial charge in [-0.15, -0.1) is 0 Å². The fourth-order valence-electron chi connectivity index (χ4n) is 3.48. The first-order valence-corrected chi connectivity index (χ1v) is 10.2. The number of hydrogen-bond acceptors (Lipinski definition) is 4. The molecule has 1 heterocycles. The first-order chi connectivity index (χ1) is 15.1. The molecule has 1 aliphatic rings. The Balaban J connectivity index is 1.88. The zero-order valence-corrected chi connectivity index (χ0v) is 18.0. The number of halogens is 3. The Kier molecular flexibility index (Phi) is 6.81. The van der Waals surface area contributed by atoms with Crippen LogP contribution in [0, 0.1) is 0 Å². The van der Waals surface area contributed by atoms with E-state index in [4.69, 9.17) is 10.5 Å². The summed E-state index contributed by atoms with van der Waals surface area (Å²) in [6, 6.07) is 9.07. The Bertz CT molecular complexity index is 1050. The predicted octanol–water partition coefficient (Wildman–Crippen LogP) is 4.61. The number of nitrogens with two attached hydrogens (primary N) is 1. The lowest BCUT2D eigenvalue weighted by molar-refractivity contribution is -0.137. The lowest BCUT2D eigenvalue weighted by Crippen LogP contribution is -2.26. The van der Waals surface area contributed by atoms with Crippen molar-refractivity contribution in [3.63, 3.8) is 0 Å². The molecule has 0 saturated heterocycles. The minimum atomic E-state index is -4.52. The van der Waals surface area contributed by atoms with Crippen LogP contribution in [-0.2, 0) is 24.0 Å². The highest BCUT2D eigenvalue weighted by molar-refractivity contribution is 6.02. The number of amides is 1. The van der Waals surface area contributed by atoms with Crippen molar-refractivity contribution in [2.45, 2.75) is 39.1 Å². The summed E-state index contributed by atoms with van der Waals surface area (Å²) in [4.78, 5) is 13.6. The number of anilines is 1. The zero-order chi connectivity index (χ0) is 23.5. The summed E-state index contributed by atoms with van der Waals surface area (Å²) in [6.07, 6.45) is -1.18. The van der Waals surface area contributed by atoms with Gasteiger partial charge in [0, 0.05) is 24.4 Å². The number of carbonyl (C=O) groups is 1. The van der Waals surface area contributed by atoms with Gasteiger partial charge in [0.1, 0.15) is 12.4 Å². The third-order valence-corrected chi connectivity index (χ3v) is 5.05. The van der Waals surface area contributed by atoms with Crippen molar-refractivity contribution in [2.75, 3.05) is 11.4 Å². The summed E-state index contributed by atoms with van der Waals surface area (Å²) >= 11 is 0. The maximum absolute atomic E-state index is 13.5. The molecule has 32 heavy (non-hydrogen) atoms. The molecule has 1 amide bonds. The molecule has 0 fully saturated rings. The first-order valence-electron chi connectivity index (χ1n) is 10.2. The largest absolute Gasteiger partial charge is 0.489 e. The fourth-order valence-corrected chi connectivity index (χ4v) is 3.48. The number of benzene rings is 2.